The van der Waals surface area contributed by atoms with Crippen molar-refractivity contribution in [3.63, 3.8) is 0 Å². The standard InChI is InChI=1S/C11H22N4O2S/c1-2-5-12-6-3-4-9-18(16,17)15-10-11-13-7-8-14-11/h7-8,12,15H,2-6,9-10H2,1H3,(H,13,14). The molecular weight excluding hydrogens is 252 g/mol. The van der Waals surface area contributed by atoms with Gasteiger partial charge in [0.2, 0.25) is 10.0 Å². The van der Waals surface area contributed by atoms with Crippen LogP contribution in [0.1, 0.15) is 32.0 Å². The van der Waals surface area contributed by atoms with Crippen LogP contribution in [0.25, 0.3) is 0 Å². The molecule has 1 rings (SSSR count). The van der Waals surface area contributed by atoms with Crippen molar-refractivity contribution < 1.29 is 8.42 Å². The van der Waals surface area contributed by atoms with E-state index in [1.165, 1.54) is 0 Å². The summed E-state index contributed by atoms with van der Waals surface area (Å²) in [4.78, 5) is 6.81. The molecule has 3 N–H and O–H groups in total. The Hall–Kier alpha value is -0.920. The number of nitrogens with zero attached hydrogens (tertiary/aromatic N) is 1. The van der Waals surface area contributed by atoms with Crippen molar-refractivity contribution in [3.05, 3.63) is 18.2 Å². The minimum absolute atomic E-state index is 0.168. The highest BCUT2D eigenvalue weighted by molar-refractivity contribution is 7.89. The molecule has 104 valence electrons. The highest BCUT2D eigenvalue weighted by Crippen LogP contribution is 1.96. The molecule has 0 unspecified atom stereocenters. The van der Waals surface area contributed by atoms with Gasteiger partial charge in [0, 0.05) is 12.4 Å². The van der Waals surface area contributed by atoms with E-state index >= 15 is 0 Å². The van der Waals surface area contributed by atoms with Crippen LogP contribution in [-0.4, -0.2) is 37.2 Å². The fourth-order valence-corrected chi connectivity index (χ4v) is 2.57. The van der Waals surface area contributed by atoms with Crippen molar-refractivity contribution in [2.24, 2.45) is 0 Å². The van der Waals surface area contributed by atoms with Crippen LogP contribution >= 0.6 is 0 Å². The summed E-state index contributed by atoms with van der Waals surface area (Å²) in [5, 5.41) is 3.25. The fraction of sp³-hybridized carbons (Fsp3) is 0.727. The molecule has 1 heterocycles. The molecule has 0 radical (unpaired) electrons. The van der Waals surface area contributed by atoms with Crippen molar-refractivity contribution in [1.29, 1.82) is 0 Å². The summed E-state index contributed by atoms with van der Waals surface area (Å²) in [5.74, 6) is 0.796. The lowest BCUT2D eigenvalue weighted by atomic mass is 10.3. The summed E-state index contributed by atoms with van der Waals surface area (Å²) in [5.41, 5.74) is 0. The molecule has 0 atom stereocenters. The molecule has 0 saturated carbocycles. The predicted octanol–water partition coefficient (Wildman–Crippen LogP) is 0.609. The maximum absolute atomic E-state index is 11.6. The number of hydrogen-bond acceptors (Lipinski definition) is 4. The van der Waals surface area contributed by atoms with Crippen molar-refractivity contribution in [2.75, 3.05) is 18.8 Å². The molecular formula is C11H22N4O2S. The van der Waals surface area contributed by atoms with Crippen LogP contribution in [0, 0.1) is 0 Å². The third-order valence-electron chi connectivity index (χ3n) is 2.46. The fourth-order valence-electron chi connectivity index (χ4n) is 1.49. The highest BCUT2D eigenvalue weighted by atomic mass is 32.2. The summed E-state index contributed by atoms with van der Waals surface area (Å²) < 4.78 is 25.8. The van der Waals surface area contributed by atoms with E-state index in [0.29, 0.717) is 12.2 Å². The van der Waals surface area contributed by atoms with Crippen LogP contribution in [-0.2, 0) is 16.6 Å². The number of rotatable bonds is 10. The molecule has 0 saturated heterocycles. The van der Waals surface area contributed by atoms with Gasteiger partial charge in [-0.3, -0.25) is 0 Å². The number of aromatic nitrogens is 2. The third kappa shape index (κ3) is 6.73. The number of nitrogens with one attached hydrogen (secondary N) is 3. The smallest absolute Gasteiger partial charge is 0.212 e. The van der Waals surface area contributed by atoms with E-state index in [0.717, 1.165) is 25.9 Å². The third-order valence-corrected chi connectivity index (χ3v) is 3.87. The average molecular weight is 274 g/mol. The second kappa shape index (κ2) is 8.23. The van der Waals surface area contributed by atoms with Gasteiger partial charge in [-0.25, -0.2) is 18.1 Å². The normalized spacial score (nSPS) is 11.8. The summed E-state index contributed by atoms with van der Waals surface area (Å²) >= 11 is 0. The van der Waals surface area contributed by atoms with E-state index in [4.69, 9.17) is 0 Å². The number of imidazole rings is 1. The molecule has 7 heteroatoms. The monoisotopic (exact) mass is 274 g/mol. The van der Waals surface area contributed by atoms with Crippen LogP contribution in [0.5, 0.6) is 0 Å². The lowest BCUT2D eigenvalue weighted by molar-refractivity contribution is 0.571. The van der Waals surface area contributed by atoms with Gasteiger partial charge in [0.05, 0.1) is 12.3 Å². The summed E-state index contributed by atoms with van der Waals surface area (Å²) in [7, 11) is -3.19. The Balaban J connectivity index is 2.12. The van der Waals surface area contributed by atoms with Gasteiger partial charge in [0.15, 0.2) is 0 Å². The maximum Gasteiger partial charge on any atom is 0.212 e. The first kappa shape index (κ1) is 15.1. The number of aromatic amines is 1. The molecule has 0 aromatic carbocycles. The molecule has 0 fully saturated rings. The Kier molecular flexibility index (Phi) is 6.92. The number of unbranched alkanes of at least 4 members (excludes halogenated alkanes) is 1. The van der Waals surface area contributed by atoms with Gasteiger partial charge in [-0.15, -0.1) is 0 Å². The first-order valence-electron chi connectivity index (χ1n) is 6.30. The Morgan fingerprint density at radius 1 is 1.33 bits per heavy atom. The van der Waals surface area contributed by atoms with Gasteiger partial charge in [-0.1, -0.05) is 6.92 Å². The minimum Gasteiger partial charge on any atom is -0.347 e. The Bertz CT molecular complexity index is 403. The van der Waals surface area contributed by atoms with Crippen molar-refractivity contribution in [1.82, 2.24) is 20.0 Å². The highest BCUT2D eigenvalue weighted by Gasteiger charge is 2.09. The zero-order chi connectivity index (χ0) is 13.3. The first-order chi connectivity index (χ1) is 8.64. The SMILES string of the molecule is CCCNCCCCS(=O)(=O)NCc1ncc[nH]1. The van der Waals surface area contributed by atoms with Gasteiger partial charge in [0.25, 0.3) is 0 Å². The Morgan fingerprint density at radius 2 is 2.17 bits per heavy atom. The van der Waals surface area contributed by atoms with Crippen molar-refractivity contribution >= 4 is 10.0 Å². The molecule has 6 nitrogen and oxygen atoms in total. The second-order valence-corrected chi connectivity index (χ2v) is 6.06. The minimum atomic E-state index is -3.19. The molecule has 18 heavy (non-hydrogen) atoms. The molecule has 0 aliphatic heterocycles. The van der Waals surface area contributed by atoms with Crippen LogP contribution in [0.2, 0.25) is 0 Å². The van der Waals surface area contributed by atoms with Gasteiger partial charge >= 0.3 is 0 Å². The lowest BCUT2D eigenvalue weighted by Gasteiger charge is -2.06. The van der Waals surface area contributed by atoms with Gasteiger partial charge in [0.1, 0.15) is 5.82 Å². The summed E-state index contributed by atoms with van der Waals surface area (Å²) in [6, 6.07) is 0. The van der Waals surface area contributed by atoms with E-state index in [1.807, 2.05) is 0 Å². The molecule has 0 spiro atoms. The van der Waals surface area contributed by atoms with E-state index < -0.39 is 10.0 Å². The number of hydrogen-bond donors (Lipinski definition) is 3. The quantitative estimate of drug-likeness (QED) is 0.546. The van der Waals surface area contributed by atoms with Gasteiger partial charge in [-0.05, 0) is 32.4 Å². The topological polar surface area (TPSA) is 86.9 Å². The number of sulfonamides is 1. The maximum atomic E-state index is 11.6. The Labute approximate surface area is 109 Å². The van der Waals surface area contributed by atoms with Crippen molar-refractivity contribution in [2.45, 2.75) is 32.7 Å². The largest absolute Gasteiger partial charge is 0.347 e. The summed E-state index contributed by atoms with van der Waals surface area (Å²) in [6.45, 7) is 4.20. The van der Waals surface area contributed by atoms with Crippen molar-refractivity contribution in [3.8, 4) is 0 Å². The number of H-pyrrole nitrogens is 1. The molecule has 0 bridgehead atoms. The van der Waals surface area contributed by atoms with Gasteiger partial charge in [-0.2, -0.15) is 0 Å². The Morgan fingerprint density at radius 3 is 2.83 bits per heavy atom. The summed E-state index contributed by atoms with van der Waals surface area (Å²) in [6.07, 6.45) is 5.92. The van der Waals surface area contributed by atoms with Crippen LogP contribution in [0.4, 0.5) is 0 Å². The molecule has 0 aliphatic rings. The molecule has 1 aromatic rings. The molecule has 1 aromatic heterocycles. The second-order valence-electron chi connectivity index (χ2n) is 4.13. The van der Waals surface area contributed by atoms with E-state index in [1.54, 1.807) is 12.4 Å². The predicted molar refractivity (Wildman–Crippen MR) is 71.6 cm³/mol. The molecule has 0 aliphatic carbocycles. The lowest BCUT2D eigenvalue weighted by Crippen LogP contribution is -2.27. The van der Waals surface area contributed by atoms with E-state index in [9.17, 15) is 8.42 Å². The van der Waals surface area contributed by atoms with Gasteiger partial charge < -0.3 is 10.3 Å². The molecule has 0 amide bonds. The van der Waals surface area contributed by atoms with E-state index in [2.05, 4.69) is 26.9 Å². The average Bonchev–Trinajstić information content (AvgIpc) is 2.84. The van der Waals surface area contributed by atoms with E-state index in [-0.39, 0.29) is 12.3 Å². The van der Waals surface area contributed by atoms with Crippen LogP contribution in [0.15, 0.2) is 12.4 Å². The van der Waals surface area contributed by atoms with Crippen LogP contribution in [0.3, 0.4) is 0 Å². The zero-order valence-electron chi connectivity index (χ0n) is 10.8. The van der Waals surface area contributed by atoms with Crippen LogP contribution < -0.4 is 10.0 Å². The first-order valence-corrected chi connectivity index (χ1v) is 7.95. The zero-order valence-corrected chi connectivity index (χ0v) is 11.6.